The highest BCUT2D eigenvalue weighted by atomic mass is 35.5. The lowest BCUT2D eigenvalue weighted by atomic mass is 10.1. The van der Waals surface area contributed by atoms with Crippen LogP contribution in [0.25, 0.3) is 0 Å². The molecule has 1 heterocycles. The average molecular weight is 382 g/mol. The van der Waals surface area contributed by atoms with Crippen molar-refractivity contribution in [2.75, 3.05) is 26.2 Å². The van der Waals surface area contributed by atoms with Crippen LogP contribution in [0.5, 0.6) is 0 Å². The molecule has 7 nitrogen and oxygen atoms in total. The van der Waals surface area contributed by atoms with Crippen molar-refractivity contribution in [1.82, 2.24) is 15.5 Å². The number of halogens is 1. The summed E-state index contributed by atoms with van der Waals surface area (Å²) in [4.78, 5) is 37.9. The Kier molecular flexibility index (Phi) is 7.87. The summed E-state index contributed by atoms with van der Waals surface area (Å²) in [7, 11) is 0. The topological polar surface area (TPSA) is 87.7 Å². The highest BCUT2D eigenvalue weighted by molar-refractivity contribution is 6.31. The summed E-state index contributed by atoms with van der Waals surface area (Å²) in [6.45, 7) is 3.43. The number of amides is 2. The Morgan fingerprint density at radius 3 is 2.88 bits per heavy atom. The number of hydrogen-bond acceptors (Lipinski definition) is 5. The minimum Gasteiger partial charge on any atom is -0.466 e. The van der Waals surface area contributed by atoms with Gasteiger partial charge in [0.15, 0.2) is 0 Å². The number of rotatable bonds is 8. The van der Waals surface area contributed by atoms with Gasteiger partial charge < -0.3 is 20.3 Å². The van der Waals surface area contributed by atoms with E-state index >= 15 is 0 Å². The Hall–Kier alpha value is -2.12. The molecule has 1 aliphatic heterocycles. The van der Waals surface area contributed by atoms with Crippen LogP contribution in [0.1, 0.15) is 25.3 Å². The largest absolute Gasteiger partial charge is 0.466 e. The monoisotopic (exact) mass is 381 g/mol. The van der Waals surface area contributed by atoms with Gasteiger partial charge in [-0.1, -0.05) is 36.7 Å². The molecule has 2 rings (SSSR count). The van der Waals surface area contributed by atoms with Crippen molar-refractivity contribution in [3.05, 3.63) is 34.9 Å². The number of carbonyl (C=O) groups excluding carboxylic acids is 3. The van der Waals surface area contributed by atoms with Crippen LogP contribution in [0.4, 0.5) is 0 Å². The third-order valence-corrected chi connectivity index (χ3v) is 4.40. The van der Waals surface area contributed by atoms with Crippen molar-refractivity contribution in [3.63, 3.8) is 0 Å². The molecule has 1 aliphatic rings. The SMILES string of the molecule is CCCOC(=O)CC1C(=O)NCCN1C(=O)CNCc1ccccc1Cl. The Morgan fingerprint density at radius 1 is 1.38 bits per heavy atom. The van der Waals surface area contributed by atoms with Crippen molar-refractivity contribution < 1.29 is 19.1 Å². The number of piperazine rings is 1. The van der Waals surface area contributed by atoms with Gasteiger partial charge >= 0.3 is 5.97 Å². The minimum absolute atomic E-state index is 0.0546. The molecule has 8 heteroatoms. The van der Waals surface area contributed by atoms with Crippen LogP contribution in [0, 0.1) is 0 Å². The molecule has 1 atom stereocenters. The van der Waals surface area contributed by atoms with Gasteiger partial charge in [-0.3, -0.25) is 14.4 Å². The predicted molar refractivity (Wildman–Crippen MR) is 97.5 cm³/mol. The molecule has 1 saturated heterocycles. The quantitative estimate of drug-likeness (QED) is 0.658. The molecule has 0 aromatic heterocycles. The van der Waals surface area contributed by atoms with Crippen LogP contribution < -0.4 is 10.6 Å². The molecule has 0 aliphatic carbocycles. The Labute approximate surface area is 158 Å². The van der Waals surface area contributed by atoms with Gasteiger partial charge in [0.1, 0.15) is 6.04 Å². The second-order valence-corrected chi connectivity index (χ2v) is 6.42. The predicted octanol–water partition coefficient (Wildman–Crippen LogP) is 1.10. The van der Waals surface area contributed by atoms with Crippen LogP contribution in [0.2, 0.25) is 5.02 Å². The number of nitrogens with one attached hydrogen (secondary N) is 2. The molecular formula is C18H24ClN3O4. The third-order valence-electron chi connectivity index (χ3n) is 4.03. The highest BCUT2D eigenvalue weighted by Gasteiger charge is 2.34. The van der Waals surface area contributed by atoms with E-state index in [1.807, 2.05) is 25.1 Å². The van der Waals surface area contributed by atoms with Crippen molar-refractivity contribution >= 4 is 29.4 Å². The van der Waals surface area contributed by atoms with E-state index in [4.69, 9.17) is 16.3 Å². The zero-order valence-corrected chi connectivity index (χ0v) is 15.6. The first-order chi connectivity index (χ1) is 12.5. The second-order valence-electron chi connectivity index (χ2n) is 6.01. The number of ether oxygens (including phenoxy) is 1. The van der Waals surface area contributed by atoms with Crippen molar-refractivity contribution in [2.45, 2.75) is 32.4 Å². The molecule has 142 valence electrons. The van der Waals surface area contributed by atoms with Crippen molar-refractivity contribution in [3.8, 4) is 0 Å². The molecule has 0 bridgehead atoms. The van der Waals surface area contributed by atoms with Crippen molar-refractivity contribution in [1.29, 1.82) is 0 Å². The van der Waals surface area contributed by atoms with E-state index in [0.717, 1.165) is 5.56 Å². The molecule has 1 aromatic rings. The van der Waals surface area contributed by atoms with E-state index in [1.54, 1.807) is 6.07 Å². The molecule has 0 spiro atoms. The molecule has 2 amide bonds. The Morgan fingerprint density at radius 2 is 2.15 bits per heavy atom. The van der Waals surface area contributed by atoms with Gasteiger partial charge in [0, 0.05) is 24.7 Å². The second kappa shape index (κ2) is 10.1. The zero-order chi connectivity index (χ0) is 18.9. The molecule has 1 unspecified atom stereocenters. The average Bonchev–Trinajstić information content (AvgIpc) is 2.63. The minimum atomic E-state index is -0.831. The fraction of sp³-hybridized carbons (Fsp3) is 0.500. The summed E-state index contributed by atoms with van der Waals surface area (Å²) < 4.78 is 5.04. The third kappa shape index (κ3) is 5.71. The Bertz CT molecular complexity index is 653. The first kappa shape index (κ1) is 20.2. The van der Waals surface area contributed by atoms with Crippen LogP contribution >= 0.6 is 11.6 Å². The number of nitrogens with zero attached hydrogens (tertiary/aromatic N) is 1. The van der Waals surface area contributed by atoms with Crippen LogP contribution in [-0.2, 0) is 25.7 Å². The molecule has 0 saturated carbocycles. The normalized spacial score (nSPS) is 16.9. The summed E-state index contributed by atoms with van der Waals surface area (Å²) in [6.07, 6.45) is 0.569. The Balaban J connectivity index is 1.90. The molecule has 1 fully saturated rings. The van der Waals surface area contributed by atoms with Crippen molar-refractivity contribution in [2.24, 2.45) is 0 Å². The summed E-state index contributed by atoms with van der Waals surface area (Å²) in [5.41, 5.74) is 0.887. The van der Waals surface area contributed by atoms with Crippen LogP contribution in [0.15, 0.2) is 24.3 Å². The van der Waals surface area contributed by atoms with E-state index in [1.165, 1.54) is 4.90 Å². The molecule has 0 radical (unpaired) electrons. The maximum absolute atomic E-state index is 12.5. The van der Waals surface area contributed by atoms with E-state index < -0.39 is 12.0 Å². The fourth-order valence-corrected chi connectivity index (χ4v) is 2.90. The number of benzene rings is 1. The lowest BCUT2D eigenvalue weighted by molar-refractivity contribution is -0.151. The van der Waals surface area contributed by atoms with E-state index in [-0.39, 0.29) is 24.8 Å². The van der Waals surface area contributed by atoms with Gasteiger partial charge in [-0.25, -0.2) is 0 Å². The number of hydrogen-bond donors (Lipinski definition) is 2. The molecule has 2 N–H and O–H groups in total. The summed E-state index contributed by atoms with van der Waals surface area (Å²) in [6, 6.07) is 6.54. The maximum Gasteiger partial charge on any atom is 0.308 e. The van der Waals surface area contributed by atoms with E-state index in [0.29, 0.717) is 37.7 Å². The number of esters is 1. The first-order valence-corrected chi connectivity index (χ1v) is 9.07. The maximum atomic E-state index is 12.5. The van der Waals surface area contributed by atoms with Crippen LogP contribution in [-0.4, -0.2) is 55.0 Å². The summed E-state index contributed by atoms with van der Waals surface area (Å²) in [5, 5.41) is 6.35. The standard InChI is InChI=1S/C18H24ClN3O4/c1-2-9-26-17(24)10-15-18(25)21-7-8-22(15)16(23)12-20-11-13-5-3-4-6-14(13)19/h3-6,15,20H,2,7-12H2,1H3,(H,21,25). The zero-order valence-electron chi connectivity index (χ0n) is 14.8. The summed E-state index contributed by atoms with van der Waals surface area (Å²) in [5.74, 6) is -1.04. The van der Waals surface area contributed by atoms with Gasteiger partial charge in [-0.05, 0) is 18.1 Å². The van der Waals surface area contributed by atoms with Gasteiger partial charge in [-0.2, -0.15) is 0 Å². The molecule has 26 heavy (non-hydrogen) atoms. The first-order valence-electron chi connectivity index (χ1n) is 8.69. The molecular weight excluding hydrogens is 358 g/mol. The smallest absolute Gasteiger partial charge is 0.308 e. The lowest BCUT2D eigenvalue weighted by Gasteiger charge is -2.34. The fourth-order valence-electron chi connectivity index (χ4n) is 2.70. The van der Waals surface area contributed by atoms with Crippen LogP contribution in [0.3, 0.4) is 0 Å². The van der Waals surface area contributed by atoms with Gasteiger partial charge in [0.25, 0.3) is 0 Å². The molecule has 1 aromatic carbocycles. The van der Waals surface area contributed by atoms with Gasteiger partial charge in [-0.15, -0.1) is 0 Å². The van der Waals surface area contributed by atoms with Gasteiger partial charge in [0.2, 0.25) is 11.8 Å². The van der Waals surface area contributed by atoms with E-state index in [9.17, 15) is 14.4 Å². The lowest BCUT2D eigenvalue weighted by Crippen LogP contribution is -2.59. The van der Waals surface area contributed by atoms with E-state index in [2.05, 4.69) is 10.6 Å². The van der Waals surface area contributed by atoms with Gasteiger partial charge in [0.05, 0.1) is 19.6 Å². The highest BCUT2D eigenvalue weighted by Crippen LogP contribution is 2.14. The number of carbonyl (C=O) groups is 3. The summed E-state index contributed by atoms with van der Waals surface area (Å²) >= 11 is 6.09.